The summed E-state index contributed by atoms with van der Waals surface area (Å²) in [5, 5.41) is 0. The van der Waals surface area contributed by atoms with Crippen molar-refractivity contribution in [2.24, 2.45) is 5.73 Å². The van der Waals surface area contributed by atoms with Gasteiger partial charge in [0.15, 0.2) is 0 Å². The van der Waals surface area contributed by atoms with Crippen LogP contribution in [0.5, 0.6) is 5.75 Å². The molecule has 90 valence electrons. The molecule has 0 saturated carbocycles. The Labute approximate surface area is 92.2 Å². The summed E-state index contributed by atoms with van der Waals surface area (Å²) in [4.78, 5) is 0. The standard InChI is InChI=1S/C11H14F3NO/c1-6-4-8(10(15)11(12,13)14)9(16-3)5-7(6)2/h4-5,10H,15H2,1-3H3/t10-/m0/s1. The van der Waals surface area contributed by atoms with E-state index in [0.29, 0.717) is 0 Å². The summed E-state index contributed by atoms with van der Waals surface area (Å²) in [5.74, 6) is 0.174. The lowest BCUT2D eigenvalue weighted by Gasteiger charge is -2.19. The fourth-order valence-corrected chi connectivity index (χ4v) is 1.41. The minimum Gasteiger partial charge on any atom is -0.496 e. The number of nitrogens with two attached hydrogens (primary N) is 1. The van der Waals surface area contributed by atoms with Gasteiger partial charge in [0.25, 0.3) is 0 Å². The Bertz CT molecular complexity index is 388. The molecule has 0 saturated heterocycles. The summed E-state index contributed by atoms with van der Waals surface area (Å²) < 4.78 is 42.4. The third-order valence-corrected chi connectivity index (χ3v) is 2.53. The third kappa shape index (κ3) is 2.47. The molecule has 0 radical (unpaired) electrons. The molecule has 1 aromatic rings. The number of methoxy groups -OCH3 is 1. The van der Waals surface area contributed by atoms with Crippen molar-refractivity contribution in [2.45, 2.75) is 26.1 Å². The first-order chi connectivity index (χ1) is 7.27. The summed E-state index contributed by atoms with van der Waals surface area (Å²) in [6, 6.07) is 0.976. The Hall–Kier alpha value is -1.23. The summed E-state index contributed by atoms with van der Waals surface area (Å²) in [6.07, 6.45) is -4.46. The number of hydrogen-bond acceptors (Lipinski definition) is 2. The van der Waals surface area contributed by atoms with Crippen LogP contribution in [0.25, 0.3) is 0 Å². The van der Waals surface area contributed by atoms with E-state index in [1.807, 2.05) is 0 Å². The SMILES string of the molecule is COc1cc(C)c(C)cc1[C@H](N)C(F)(F)F. The van der Waals surface area contributed by atoms with E-state index in [1.165, 1.54) is 13.2 Å². The van der Waals surface area contributed by atoms with Gasteiger partial charge in [-0.25, -0.2) is 0 Å². The summed E-state index contributed by atoms with van der Waals surface area (Å²) in [6.45, 7) is 3.54. The lowest BCUT2D eigenvalue weighted by molar-refractivity contribution is -0.149. The van der Waals surface area contributed by atoms with Crippen LogP contribution in [-0.4, -0.2) is 13.3 Å². The first kappa shape index (κ1) is 12.8. The highest BCUT2D eigenvalue weighted by molar-refractivity contribution is 5.43. The van der Waals surface area contributed by atoms with Gasteiger partial charge in [0.05, 0.1) is 7.11 Å². The molecule has 0 fully saturated rings. The van der Waals surface area contributed by atoms with E-state index in [1.54, 1.807) is 19.9 Å². The molecule has 0 unspecified atom stereocenters. The molecule has 1 atom stereocenters. The molecule has 0 aliphatic heterocycles. The van der Waals surface area contributed by atoms with Crippen molar-refractivity contribution in [1.29, 1.82) is 0 Å². The summed E-state index contributed by atoms with van der Waals surface area (Å²) >= 11 is 0. The number of ether oxygens (including phenoxy) is 1. The van der Waals surface area contributed by atoms with E-state index >= 15 is 0 Å². The van der Waals surface area contributed by atoms with Crippen LogP contribution in [0.15, 0.2) is 12.1 Å². The molecule has 0 heterocycles. The van der Waals surface area contributed by atoms with Gasteiger partial charge in [-0.15, -0.1) is 0 Å². The maximum atomic E-state index is 12.5. The number of halogens is 3. The number of benzene rings is 1. The second-order valence-corrected chi connectivity index (χ2v) is 3.70. The topological polar surface area (TPSA) is 35.2 Å². The van der Waals surface area contributed by atoms with Crippen molar-refractivity contribution in [3.8, 4) is 5.75 Å². The Morgan fingerprint density at radius 3 is 2.12 bits per heavy atom. The van der Waals surface area contributed by atoms with Gasteiger partial charge in [0.1, 0.15) is 11.8 Å². The highest BCUT2D eigenvalue weighted by atomic mass is 19.4. The fraction of sp³-hybridized carbons (Fsp3) is 0.455. The van der Waals surface area contributed by atoms with Gasteiger partial charge in [-0.3, -0.25) is 0 Å². The number of hydrogen-bond donors (Lipinski definition) is 1. The summed E-state index contributed by atoms with van der Waals surface area (Å²) in [7, 11) is 1.33. The second-order valence-electron chi connectivity index (χ2n) is 3.70. The van der Waals surface area contributed by atoms with Crippen molar-refractivity contribution in [1.82, 2.24) is 0 Å². The van der Waals surface area contributed by atoms with Crippen LogP contribution in [0, 0.1) is 13.8 Å². The lowest BCUT2D eigenvalue weighted by atomic mass is 10.00. The molecule has 5 heteroatoms. The van der Waals surface area contributed by atoms with Crippen molar-refractivity contribution in [3.63, 3.8) is 0 Å². The molecular formula is C11H14F3NO. The van der Waals surface area contributed by atoms with Crippen molar-refractivity contribution >= 4 is 0 Å². The molecule has 0 amide bonds. The third-order valence-electron chi connectivity index (χ3n) is 2.53. The quantitative estimate of drug-likeness (QED) is 0.852. The van der Waals surface area contributed by atoms with Crippen molar-refractivity contribution in [3.05, 3.63) is 28.8 Å². The Balaban J connectivity index is 3.27. The summed E-state index contributed by atoms with van der Waals surface area (Å²) in [5.41, 5.74) is 6.76. The second kappa shape index (κ2) is 4.33. The van der Waals surface area contributed by atoms with E-state index in [-0.39, 0.29) is 11.3 Å². The van der Waals surface area contributed by atoms with Crippen molar-refractivity contribution in [2.75, 3.05) is 7.11 Å². The van der Waals surface area contributed by atoms with Crippen molar-refractivity contribution < 1.29 is 17.9 Å². The van der Waals surface area contributed by atoms with Crippen LogP contribution in [0.4, 0.5) is 13.2 Å². The number of aryl methyl sites for hydroxylation is 2. The van der Waals surface area contributed by atoms with E-state index in [0.717, 1.165) is 11.1 Å². The molecule has 1 rings (SSSR count). The van der Waals surface area contributed by atoms with Crippen LogP contribution in [-0.2, 0) is 0 Å². The van der Waals surface area contributed by atoms with E-state index < -0.39 is 12.2 Å². The van der Waals surface area contributed by atoms with Gasteiger partial charge in [0.2, 0.25) is 0 Å². The van der Waals surface area contributed by atoms with Crippen LogP contribution in [0.2, 0.25) is 0 Å². The van der Waals surface area contributed by atoms with Gasteiger partial charge >= 0.3 is 6.18 Å². The molecule has 0 bridgehead atoms. The molecule has 2 nitrogen and oxygen atoms in total. The molecule has 0 aromatic heterocycles. The smallest absolute Gasteiger partial charge is 0.407 e. The van der Waals surface area contributed by atoms with Gasteiger partial charge in [0, 0.05) is 5.56 Å². The normalized spacial score (nSPS) is 13.7. The van der Waals surface area contributed by atoms with E-state index in [4.69, 9.17) is 10.5 Å². The first-order valence-electron chi connectivity index (χ1n) is 4.74. The highest BCUT2D eigenvalue weighted by Crippen LogP contribution is 2.36. The van der Waals surface area contributed by atoms with Crippen LogP contribution < -0.4 is 10.5 Å². The molecule has 16 heavy (non-hydrogen) atoms. The maximum absolute atomic E-state index is 12.5. The maximum Gasteiger partial charge on any atom is 0.407 e. The molecule has 2 N–H and O–H groups in total. The largest absolute Gasteiger partial charge is 0.496 e. The van der Waals surface area contributed by atoms with Crippen LogP contribution >= 0.6 is 0 Å². The van der Waals surface area contributed by atoms with Gasteiger partial charge in [-0.1, -0.05) is 6.07 Å². The zero-order valence-corrected chi connectivity index (χ0v) is 9.35. The minimum atomic E-state index is -4.46. The van der Waals surface area contributed by atoms with E-state index in [2.05, 4.69) is 0 Å². The molecule has 0 spiro atoms. The average Bonchev–Trinajstić information content (AvgIpc) is 2.19. The molecule has 0 aliphatic carbocycles. The lowest BCUT2D eigenvalue weighted by Crippen LogP contribution is -2.29. The Morgan fingerprint density at radius 1 is 1.19 bits per heavy atom. The average molecular weight is 233 g/mol. The fourth-order valence-electron chi connectivity index (χ4n) is 1.41. The zero-order chi connectivity index (χ0) is 12.5. The van der Waals surface area contributed by atoms with Gasteiger partial charge in [-0.05, 0) is 31.0 Å². The minimum absolute atomic E-state index is 0.0295. The predicted octanol–water partition coefficient (Wildman–Crippen LogP) is 2.87. The predicted molar refractivity (Wildman–Crippen MR) is 55.5 cm³/mol. The zero-order valence-electron chi connectivity index (χ0n) is 9.35. The molecular weight excluding hydrogens is 219 g/mol. The monoisotopic (exact) mass is 233 g/mol. The number of alkyl halides is 3. The Kier molecular flexibility index (Phi) is 3.48. The Morgan fingerprint density at radius 2 is 1.69 bits per heavy atom. The highest BCUT2D eigenvalue weighted by Gasteiger charge is 2.39. The first-order valence-corrected chi connectivity index (χ1v) is 4.74. The molecule has 1 aromatic carbocycles. The van der Waals surface area contributed by atoms with Crippen LogP contribution in [0.3, 0.4) is 0 Å². The molecule has 0 aliphatic rings. The van der Waals surface area contributed by atoms with E-state index in [9.17, 15) is 13.2 Å². The van der Waals surface area contributed by atoms with Gasteiger partial charge in [-0.2, -0.15) is 13.2 Å². The van der Waals surface area contributed by atoms with Gasteiger partial charge < -0.3 is 10.5 Å². The van der Waals surface area contributed by atoms with Crippen LogP contribution in [0.1, 0.15) is 22.7 Å². The number of rotatable bonds is 2.